The van der Waals surface area contributed by atoms with E-state index >= 15 is 0 Å². The van der Waals surface area contributed by atoms with Crippen LogP contribution in [-0.4, -0.2) is 24.1 Å². The third kappa shape index (κ3) is 3.90. The third-order valence-electron chi connectivity index (χ3n) is 4.15. The van der Waals surface area contributed by atoms with E-state index in [-0.39, 0.29) is 6.04 Å². The van der Waals surface area contributed by atoms with E-state index < -0.39 is 0 Å². The Balaban J connectivity index is 1.95. The summed E-state index contributed by atoms with van der Waals surface area (Å²) in [6.45, 7) is 0. The molecule has 1 saturated carbocycles. The molecule has 1 unspecified atom stereocenters. The van der Waals surface area contributed by atoms with Gasteiger partial charge in [-0.3, -0.25) is 4.98 Å². The molecule has 1 atom stereocenters. The molecule has 1 fully saturated rings. The molecule has 0 aliphatic heterocycles. The third-order valence-corrected chi connectivity index (χ3v) is 4.15. The Hall–Kier alpha value is -1.16. The van der Waals surface area contributed by atoms with Crippen LogP contribution < -0.4 is 10.1 Å². The maximum absolute atomic E-state index is 5.31. The summed E-state index contributed by atoms with van der Waals surface area (Å²) in [6.07, 6.45) is 12.8. The van der Waals surface area contributed by atoms with Crippen molar-refractivity contribution < 1.29 is 4.74 Å². The minimum absolute atomic E-state index is 0.241. The summed E-state index contributed by atoms with van der Waals surface area (Å²) in [5, 5.41) is 3.35. The molecule has 0 bridgehead atoms. The number of hydrogen-bond acceptors (Lipinski definition) is 4. The van der Waals surface area contributed by atoms with Crippen LogP contribution in [0.25, 0.3) is 0 Å². The first-order valence-electron chi connectivity index (χ1n) is 7.37. The smallest absolute Gasteiger partial charge is 0.236 e. The molecule has 4 nitrogen and oxygen atoms in total. The molecule has 1 heterocycles. The highest BCUT2D eigenvalue weighted by molar-refractivity contribution is 5.21. The van der Waals surface area contributed by atoms with Gasteiger partial charge in [-0.15, -0.1) is 0 Å². The van der Waals surface area contributed by atoms with Crippen molar-refractivity contribution in [3.63, 3.8) is 0 Å². The van der Waals surface area contributed by atoms with Crippen molar-refractivity contribution in [2.75, 3.05) is 14.2 Å². The molecule has 1 aromatic heterocycles. The van der Waals surface area contributed by atoms with E-state index in [2.05, 4.69) is 15.3 Å². The summed E-state index contributed by atoms with van der Waals surface area (Å²) in [5.74, 6) is 1.54. The molecule has 0 saturated heterocycles. The molecule has 1 N–H and O–H groups in total. The highest BCUT2D eigenvalue weighted by Gasteiger charge is 2.20. The van der Waals surface area contributed by atoms with Crippen LogP contribution in [-0.2, 0) is 0 Å². The first-order valence-corrected chi connectivity index (χ1v) is 7.37. The summed E-state index contributed by atoms with van der Waals surface area (Å²) < 4.78 is 5.31. The standard InChI is InChI=1S/C15H25N3O/c1-16-13(9-8-12-6-4-3-5-7-12)14-15(19-2)18-11-10-17-14/h10-13,16H,3-9H2,1-2H3. The quantitative estimate of drug-likeness (QED) is 0.856. The summed E-state index contributed by atoms with van der Waals surface area (Å²) in [4.78, 5) is 8.67. The topological polar surface area (TPSA) is 47.0 Å². The Bertz CT molecular complexity index is 377. The van der Waals surface area contributed by atoms with Gasteiger partial charge >= 0.3 is 0 Å². The van der Waals surface area contributed by atoms with Crippen molar-refractivity contribution in [3.05, 3.63) is 18.1 Å². The van der Waals surface area contributed by atoms with Crippen LogP contribution in [0.2, 0.25) is 0 Å². The molecule has 1 aliphatic carbocycles. The average molecular weight is 263 g/mol. The molecular formula is C15H25N3O. The van der Waals surface area contributed by atoms with E-state index in [1.54, 1.807) is 19.5 Å². The van der Waals surface area contributed by atoms with E-state index in [0.717, 1.165) is 18.0 Å². The number of hydrogen-bond donors (Lipinski definition) is 1. The zero-order chi connectivity index (χ0) is 13.5. The van der Waals surface area contributed by atoms with Gasteiger partial charge in [-0.1, -0.05) is 32.1 Å². The summed E-state index contributed by atoms with van der Waals surface area (Å²) in [5.41, 5.74) is 0.934. The fourth-order valence-electron chi connectivity index (χ4n) is 3.03. The van der Waals surface area contributed by atoms with Crippen molar-refractivity contribution in [1.29, 1.82) is 0 Å². The van der Waals surface area contributed by atoms with Gasteiger partial charge < -0.3 is 10.1 Å². The zero-order valence-electron chi connectivity index (χ0n) is 12.1. The first kappa shape index (κ1) is 14.3. The van der Waals surface area contributed by atoms with Crippen LogP contribution in [0.5, 0.6) is 5.88 Å². The van der Waals surface area contributed by atoms with Gasteiger partial charge in [0, 0.05) is 12.4 Å². The second kappa shape index (κ2) is 7.43. The summed E-state index contributed by atoms with van der Waals surface area (Å²) in [6, 6.07) is 0.241. The number of aromatic nitrogens is 2. The van der Waals surface area contributed by atoms with E-state index in [1.165, 1.54) is 38.5 Å². The van der Waals surface area contributed by atoms with Crippen LogP contribution in [0.15, 0.2) is 12.4 Å². The van der Waals surface area contributed by atoms with Gasteiger partial charge in [0.2, 0.25) is 5.88 Å². The minimum atomic E-state index is 0.241. The lowest BCUT2D eigenvalue weighted by Gasteiger charge is -2.24. The second-order valence-electron chi connectivity index (χ2n) is 5.37. The Kier molecular flexibility index (Phi) is 5.58. The predicted molar refractivity (Wildman–Crippen MR) is 76.2 cm³/mol. The lowest BCUT2D eigenvalue weighted by molar-refractivity contribution is 0.311. The molecule has 4 heteroatoms. The van der Waals surface area contributed by atoms with E-state index in [0.29, 0.717) is 5.88 Å². The van der Waals surface area contributed by atoms with Crippen molar-refractivity contribution in [3.8, 4) is 5.88 Å². The fourth-order valence-corrected chi connectivity index (χ4v) is 3.03. The van der Waals surface area contributed by atoms with Crippen LogP contribution in [0.4, 0.5) is 0 Å². The molecule has 0 spiro atoms. The van der Waals surface area contributed by atoms with Crippen LogP contribution in [0.1, 0.15) is 56.7 Å². The van der Waals surface area contributed by atoms with E-state index in [9.17, 15) is 0 Å². The Morgan fingerprint density at radius 2 is 2.00 bits per heavy atom. The van der Waals surface area contributed by atoms with E-state index in [1.807, 2.05) is 7.05 Å². The fraction of sp³-hybridized carbons (Fsp3) is 0.733. The summed E-state index contributed by atoms with van der Waals surface area (Å²) in [7, 11) is 3.64. The average Bonchev–Trinajstić information content (AvgIpc) is 2.49. The Morgan fingerprint density at radius 1 is 1.26 bits per heavy atom. The molecule has 19 heavy (non-hydrogen) atoms. The number of nitrogens with zero attached hydrogens (tertiary/aromatic N) is 2. The zero-order valence-corrected chi connectivity index (χ0v) is 12.1. The van der Waals surface area contributed by atoms with Gasteiger partial charge in [0.05, 0.1) is 13.2 Å². The normalized spacial score (nSPS) is 18.2. The lowest BCUT2D eigenvalue weighted by Crippen LogP contribution is -2.20. The number of nitrogens with one attached hydrogen (secondary N) is 1. The van der Waals surface area contributed by atoms with Gasteiger partial charge in [-0.2, -0.15) is 0 Å². The first-order chi connectivity index (χ1) is 9.35. The lowest BCUT2D eigenvalue weighted by atomic mass is 9.85. The van der Waals surface area contributed by atoms with Crippen molar-refractivity contribution in [1.82, 2.24) is 15.3 Å². The van der Waals surface area contributed by atoms with Crippen molar-refractivity contribution in [2.45, 2.75) is 51.0 Å². The summed E-state index contributed by atoms with van der Waals surface area (Å²) >= 11 is 0. The number of methoxy groups -OCH3 is 1. The molecule has 0 amide bonds. The van der Waals surface area contributed by atoms with Crippen LogP contribution in [0, 0.1) is 5.92 Å². The van der Waals surface area contributed by atoms with E-state index in [4.69, 9.17) is 4.74 Å². The van der Waals surface area contributed by atoms with Gasteiger partial charge in [-0.05, 0) is 25.8 Å². The molecule has 106 valence electrons. The van der Waals surface area contributed by atoms with Crippen LogP contribution >= 0.6 is 0 Å². The highest BCUT2D eigenvalue weighted by Crippen LogP contribution is 2.31. The van der Waals surface area contributed by atoms with Crippen LogP contribution in [0.3, 0.4) is 0 Å². The molecule has 1 aliphatic rings. The maximum atomic E-state index is 5.31. The highest BCUT2D eigenvalue weighted by atomic mass is 16.5. The molecule has 1 aromatic rings. The van der Waals surface area contributed by atoms with Gasteiger partial charge in [0.15, 0.2) is 0 Å². The van der Waals surface area contributed by atoms with Gasteiger partial charge in [-0.25, -0.2) is 4.98 Å². The minimum Gasteiger partial charge on any atom is -0.480 e. The molecule has 0 radical (unpaired) electrons. The monoisotopic (exact) mass is 263 g/mol. The molecule has 2 rings (SSSR count). The van der Waals surface area contributed by atoms with Crippen molar-refractivity contribution in [2.24, 2.45) is 5.92 Å². The second-order valence-corrected chi connectivity index (χ2v) is 5.37. The van der Waals surface area contributed by atoms with Crippen molar-refractivity contribution >= 4 is 0 Å². The Morgan fingerprint density at radius 3 is 2.68 bits per heavy atom. The van der Waals surface area contributed by atoms with Gasteiger partial charge in [0.1, 0.15) is 5.69 Å². The predicted octanol–water partition coefficient (Wildman–Crippen LogP) is 3.11. The molecule has 0 aromatic carbocycles. The SMILES string of the molecule is CNC(CCC1CCCCC1)c1nccnc1OC. The largest absolute Gasteiger partial charge is 0.480 e. The number of ether oxygens (including phenoxy) is 1. The maximum Gasteiger partial charge on any atom is 0.236 e. The Labute approximate surface area is 116 Å². The van der Waals surface area contributed by atoms with Gasteiger partial charge in [0.25, 0.3) is 0 Å². The molecular weight excluding hydrogens is 238 g/mol. The number of rotatable bonds is 6.